The Morgan fingerprint density at radius 1 is 1.27 bits per heavy atom. The number of hydrogen-bond donors (Lipinski definition) is 1. The summed E-state index contributed by atoms with van der Waals surface area (Å²) in [7, 11) is 1.54. The lowest BCUT2D eigenvalue weighted by Crippen LogP contribution is -2.36. The molecule has 3 nitrogen and oxygen atoms in total. The van der Waals surface area contributed by atoms with Gasteiger partial charge in [0.05, 0.1) is 6.04 Å². The fraction of sp³-hybridized carbons (Fsp3) is 0.417. The lowest BCUT2D eigenvalue weighted by molar-refractivity contribution is 0.211. The van der Waals surface area contributed by atoms with Crippen LogP contribution in [0, 0.1) is 5.92 Å². The summed E-state index contributed by atoms with van der Waals surface area (Å²) in [5.74, 6) is 0.333. The molecule has 0 aliphatic heterocycles. The van der Waals surface area contributed by atoms with Gasteiger partial charge in [-0.25, -0.2) is 0 Å². The summed E-state index contributed by atoms with van der Waals surface area (Å²) < 4.78 is 0. The molecule has 1 aromatic carbocycles. The third kappa shape index (κ3) is 3.06. The molecule has 0 spiro atoms. The van der Waals surface area contributed by atoms with E-state index < -0.39 is 0 Å². The Morgan fingerprint density at radius 3 is 2.33 bits per heavy atom. The van der Waals surface area contributed by atoms with E-state index >= 15 is 0 Å². The van der Waals surface area contributed by atoms with Crippen molar-refractivity contribution in [3.05, 3.63) is 35.9 Å². The largest absolute Gasteiger partial charge is 0.399 e. The Hall–Kier alpha value is -1.35. The smallest absolute Gasteiger partial charge is 0.106 e. The molecule has 0 aromatic heterocycles. The van der Waals surface area contributed by atoms with E-state index in [4.69, 9.17) is 10.6 Å². The molecule has 0 saturated heterocycles. The van der Waals surface area contributed by atoms with Gasteiger partial charge in [-0.15, -0.1) is 0 Å². The highest BCUT2D eigenvalue weighted by Gasteiger charge is 2.17. The maximum atomic E-state index is 6.07. The van der Waals surface area contributed by atoms with E-state index in [2.05, 4.69) is 19.0 Å². The van der Waals surface area contributed by atoms with E-state index in [1.807, 2.05) is 30.3 Å². The lowest BCUT2D eigenvalue weighted by atomic mass is 9.95. The minimum absolute atomic E-state index is 0.104. The summed E-state index contributed by atoms with van der Waals surface area (Å²) in [6.07, 6.45) is 0. The monoisotopic (exact) mass is 206 g/mol. The zero-order chi connectivity index (χ0) is 11.3. The maximum Gasteiger partial charge on any atom is 0.106 e. The van der Waals surface area contributed by atoms with Crippen molar-refractivity contribution in [2.24, 2.45) is 16.8 Å². The van der Waals surface area contributed by atoms with Crippen LogP contribution in [-0.4, -0.2) is 18.9 Å². The number of nitrogens with two attached hydrogens (primary N) is 1. The van der Waals surface area contributed by atoms with Gasteiger partial charge in [0.1, 0.15) is 12.8 Å². The van der Waals surface area contributed by atoms with Gasteiger partial charge >= 0.3 is 0 Å². The number of oxime groups is 1. The van der Waals surface area contributed by atoms with Crippen LogP contribution < -0.4 is 5.73 Å². The van der Waals surface area contributed by atoms with Crippen LogP contribution >= 0.6 is 0 Å². The molecule has 0 aliphatic rings. The second kappa shape index (κ2) is 5.51. The van der Waals surface area contributed by atoms with E-state index in [1.54, 1.807) is 0 Å². The Balaban J connectivity index is 2.99. The van der Waals surface area contributed by atoms with Crippen molar-refractivity contribution in [3.63, 3.8) is 0 Å². The molecule has 82 valence electrons. The molecule has 0 saturated carbocycles. The number of nitrogens with zero attached hydrogens (tertiary/aromatic N) is 1. The van der Waals surface area contributed by atoms with Crippen LogP contribution in [0.3, 0.4) is 0 Å². The molecule has 1 aromatic rings. The zero-order valence-electron chi connectivity index (χ0n) is 9.47. The van der Waals surface area contributed by atoms with Crippen molar-refractivity contribution in [1.29, 1.82) is 0 Å². The Kier molecular flexibility index (Phi) is 4.31. The number of hydrogen-bond acceptors (Lipinski definition) is 3. The second-order valence-electron chi connectivity index (χ2n) is 3.79. The topological polar surface area (TPSA) is 47.6 Å². The van der Waals surface area contributed by atoms with Crippen LogP contribution in [0.5, 0.6) is 0 Å². The summed E-state index contributed by atoms with van der Waals surface area (Å²) in [6.45, 7) is 4.14. The van der Waals surface area contributed by atoms with Crippen molar-refractivity contribution < 1.29 is 4.84 Å². The van der Waals surface area contributed by atoms with Crippen molar-refractivity contribution >= 4 is 5.71 Å². The van der Waals surface area contributed by atoms with E-state index in [0.29, 0.717) is 5.92 Å². The van der Waals surface area contributed by atoms with Crippen LogP contribution in [0.15, 0.2) is 35.5 Å². The average molecular weight is 206 g/mol. The predicted molar refractivity (Wildman–Crippen MR) is 62.8 cm³/mol. The molecule has 0 unspecified atom stereocenters. The first-order valence-electron chi connectivity index (χ1n) is 5.09. The molecule has 1 atom stereocenters. The number of rotatable bonds is 4. The highest BCUT2D eigenvalue weighted by molar-refractivity contribution is 6.04. The molecular formula is C12H18N2O. The van der Waals surface area contributed by atoms with Gasteiger partial charge in [-0.2, -0.15) is 0 Å². The van der Waals surface area contributed by atoms with Crippen molar-refractivity contribution in [1.82, 2.24) is 0 Å². The fourth-order valence-electron chi connectivity index (χ4n) is 1.33. The van der Waals surface area contributed by atoms with Gasteiger partial charge in [0, 0.05) is 5.56 Å². The van der Waals surface area contributed by atoms with Crippen LogP contribution in [0.1, 0.15) is 19.4 Å². The Morgan fingerprint density at radius 2 is 1.87 bits per heavy atom. The highest BCUT2D eigenvalue weighted by atomic mass is 16.6. The molecule has 0 amide bonds. The van der Waals surface area contributed by atoms with Gasteiger partial charge in [-0.3, -0.25) is 0 Å². The van der Waals surface area contributed by atoms with E-state index in [0.717, 1.165) is 11.3 Å². The van der Waals surface area contributed by atoms with Crippen LogP contribution in [-0.2, 0) is 4.84 Å². The Labute approximate surface area is 90.9 Å². The molecule has 3 heteroatoms. The molecule has 1 rings (SSSR count). The lowest BCUT2D eigenvalue weighted by Gasteiger charge is -2.17. The molecule has 0 bridgehead atoms. The highest BCUT2D eigenvalue weighted by Crippen LogP contribution is 2.10. The molecule has 0 fully saturated rings. The fourth-order valence-corrected chi connectivity index (χ4v) is 1.33. The summed E-state index contributed by atoms with van der Waals surface area (Å²) in [6, 6.07) is 9.77. The summed E-state index contributed by atoms with van der Waals surface area (Å²) in [5.41, 5.74) is 7.88. The molecule has 0 radical (unpaired) electrons. The van der Waals surface area contributed by atoms with E-state index in [9.17, 15) is 0 Å². The van der Waals surface area contributed by atoms with E-state index in [-0.39, 0.29) is 6.04 Å². The standard InChI is InChI=1S/C12H18N2O/c1-9(2)11(13)12(14-15-3)10-7-5-4-6-8-10/h4-9,11H,13H2,1-3H3/b14-12+/t11-/m0/s1. The molecule has 0 heterocycles. The summed E-state index contributed by atoms with van der Waals surface area (Å²) >= 11 is 0. The van der Waals surface area contributed by atoms with Gasteiger partial charge in [0.15, 0.2) is 0 Å². The first-order chi connectivity index (χ1) is 7.16. The minimum Gasteiger partial charge on any atom is -0.399 e. The molecule has 0 aliphatic carbocycles. The van der Waals surface area contributed by atoms with Crippen molar-refractivity contribution in [2.45, 2.75) is 19.9 Å². The summed E-state index contributed by atoms with van der Waals surface area (Å²) in [5, 5.41) is 4.01. The maximum absolute atomic E-state index is 6.07. The first-order valence-corrected chi connectivity index (χ1v) is 5.09. The minimum atomic E-state index is -0.104. The van der Waals surface area contributed by atoms with Crippen LogP contribution in [0.4, 0.5) is 0 Å². The van der Waals surface area contributed by atoms with Crippen molar-refractivity contribution in [2.75, 3.05) is 7.11 Å². The van der Waals surface area contributed by atoms with Crippen LogP contribution in [0.25, 0.3) is 0 Å². The van der Waals surface area contributed by atoms with Gasteiger partial charge in [-0.1, -0.05) is 49.3 Å². The summed E-state index contributed by atoms with van der Waals surface area (Å²) in [4.78, 5) is 4.84. The van der Waals surface area contributed by atoms with Gasteiger partial charge < -0.3 is 10.6 Å². The molecule has 15 heavy (non-hydrogen) atoms. The normalized spacial score (nSPS) is 14.1. The van der Waals surface area contributed by atoms with Gasteiger partial charge in [0.25, 0.3) is 0 Å². The van der Waals surface area contributed by atoms with Crippen LogP contribution in [0.2, 0.25) is 0 Å². The quantitative estimate of drug-likeness (QED) is 0.605. The van der Waals surface area contributed by atoms with Crippen molar-refractivity contribution in [3.8, 4) is 0 Å². The number of benzene rings is 1. The second-order valence-corrected chi connectivity index (χ2v) is 3.79. The molecule has 2 N–H and O–H groups in total. The average Bonchev–Trinajstić information content (AvgIpc) is 2.26. The first kappa shape index (κ1) is 11.7. The van der Waals surface area contributed by atoms with E-state index in [1.165, 1.54) is 7.11 Å². The third-order valence-corrected chi connectivity index (χ3v) is 2.29. The Bertz CT molecular complexity index is 320. The van der Waals surface area contributed by atoms with Gasteiger partial charge in [0.2, 0.25) is 0 Å². The van der Waals surface area contributed by atoms with Gasteiger partial charge in [-0.05, 0) is 5.92 Å². The predicted octanol–water partition coefficient (Wildman–Crippen LogP) is 2.02. The SMILES string of the molecule is CO/N=C(\c1ccccc1)[C@@H](N)C(C)C. The molecular weight excluding hydrogens is 188 g/mol. The zero-order valence-corrected chi connectivity index (χ0v) is 9.47. The third-order valence-electron chi connectivity index (χ3n) is 2.29.